The number of carbonyl (C=O) groups is 1. The van der Waals surface area contributed by atoms with E-state index < -0.39 is 0 Å². The van der Waals surface area contributed by atoms with Crippen molar-refractivity contribution >= 4 is 17.2 Å². The van der Waals surface area contributed by atoms with Crippen LogP contribution >= 0.6 is 11.3 Å². The van der Waals surface area contributed by atoms with Gasteiger partial charge in [-0.05, 0) is 60.7 Å². The van der Waals surface area contributed by atoms with Gasteiger partial charge in [-0.25, -0.2) is 0 Å². The van der Waals surface area contributed by atoms with Crippen LogP contribution in [0.1, 0.15) is 40.1 Å². The van der Waals surface area contributed by atoms with Crippen LogP contribution in [0.15, 0.2) is 29.9 Å². The van der Waals surface area contributed by atoms with Crippen LogP contribution in [0.5, 0.6) is 5.75 Å². The molecule has 0 saturated heterocycles. The average molecular weight is 316 g/mol. The molecule has 116 valence electrons. The van der Waals surface area contributed by atoms with E-state index in [1.165, 1.54) is 24.0 Å². The Labute approximate surface area is 134 Å². The number of nitrogens with one attached hydrogen (secondary N) is 1. The highest BCUT2D eigenvalue weighted by Gasteiger charge is 2.19. The van der Waals surface area contributed by atoms with Gasteiger partial charge in [-0.1, -0.05) is 0 Å². The smallest absolute Gasteiger partial charge is 0.261 e. The highest BCUT2D eigenvalue weighted by molar-refractivity contribution is 7.12. The van der Waals surface area contributed by atoms with Crippen molar-refractivity contribution in [1.82, 2.24) is 10.3 Å². The van der Waals surface area contributed by atoms with Gasteiger partial charge >= 0.3 is 0 Å². The van der Waals surface area contributed by atoms with Crippen molar-refractivity contribution in [3.05, 3.63) is 45.9 Å². The number of rotatable bonds is 6. The highest BCUT2D eigenvalue weighted by atomic mass is 32.1. The average Bonchev–Trinajstić information content (AvgIpc) is 2.99. The minimum Gasteiger partial charge on any atom is -0.492 e. The lowest BCUT2D eigenvalue weighted by Crippen LogP contribution is -2.26. The number of carbonyl (C=O) groups excluding carboxylic acids is 1. The predicted octanol–water partition coefficient (Wildman–Crippen LogP) is 3.22. The van der Waals surface area contributed by atoms with E-state index >= 15 is 0 Å². The van der Waals surface area contributed by atoms with Crippen molar-refractivity contribution in [2.75, 3.05) is 13.2 Å². The summed E-state index contributed by atoms with van der Waals surface area (Å²) in [6.07, 6.45) is 8.81. The molecule has 0 aromatic carbocycles. The Morgan fingerprint density at radius 3 is 3.14 bits per heavy atom. The number of hydrogen-bond acceptors (Lipinski definition) is 4. The van der Waals surface area contributed by atoms with Crippen LogP contribution in [0.4, 0.5) is 0 Å². The molecule has 0 unspecified atom stereocenters. The van der Waals surface area contributed by atoms with Crippen LogP contribution in [0.3, 0.4) is 0 Å². The summed E-state index contributed by atoms with van der Waals surface area (Å²) in [4.78, 5) is 17.2. The molecule has 3 rings (SSSR count). The van der Waals surface area contributed by atoms with E-state index in [-0.39, 0.29) is 5.91 Å². The first-order valence-electron chi connectivity index (χ1n) is 7.75. The number of nitrogens with zero attached hydrogens (tertiary/aromatic N) is 1. The van der Waals surface area contributed by atoms with Gasteiger partial charge in [0.2, 0.25) is 0 Å². The number of amides is 1. The molecule has 1 amide bonds. The van der Waals surface area contributed by atoms with Crippen LogP contribution in [0.25, 0.3) is 0 Å². The molecule has 2 heterocycles. The van der Waals surface area contributed by atoms with Gasteiger partial charge < -0.3 is 10.1 Å². The predicted molar refractivity (Wildman–Crippen MR) is 87.6 cm³/mol. The summed E-state index contributed by atoms with van der Waals surface area (Å²) < 4.78 is 5.56. The summed E-state index contributed by atoms with van der Waals surface area (Å²) in [7, 11) is 0. The quantitative estimate of drug-likeness (QED) is 0.833. The minimum absolute atomic E-state index is 0.0644. The number of pyridine rings is 1. The first kappa shape index (κ1) is 15.0. The Bertz CT molecular complexity index is 625. The van der Waals surface area contributed by atoms with Crippen molar-refractivity contribution in [2.24, 2.45) is 0 Å². The summed E-state index contributed by atoms with van der Waals surface area (Å²) in [6, 6.07) is 3.72. The fourth-order valence-electron chi connectivity index (χ4n) is 2.69. The third kappa shape index (κ3) is 3.65. The molecule has 0 radical (unpaired) electrons. The van der Waals surface area contributed by atoms with E-state index in [1.807, 2.05) is 12.1 Å². The lowest BCUT2D eigenvalue weighted by Gasteiger charge is -2.12. The molecule has 1 aliphatic rings. The Balaban J connectivity index is 1.42. The maximum atomic E-state index is 12.3. The van der Waals surface area contributed by atoms with E-state index in [0.717, 1.165) is 29.9 Å². The summed E-state index contributed by atoms with van der Waals surface area (Å²) in [6.45, 7) is 1.21. The SMILES string of the molecule is O=C(NCCCOc1cccnc1)c1scc2c1CCCC2. The van der Waals surface area contributed by atoms with E-state index in [1.54, 1.807) is 23.7 Å². The van der Waals surface area contributed by atoms with E-state index in [9.17, 15) is 4.79 Å². The lowest BCUT2D eigenvalue weighted by molar-refractivity contribution is 0.0954. The van der Waals surface area contributed by atoms with Gasteiger partial charge in [0.1, 0.15) is 5.75 Å². The van der Waals surface area contributed by atoms with Gasteiger partial charge in [0, 0.05) is 12.7 Å². The van der Waals surface area contributed by atoms with Crippen molar-refractivity contribution < 1.29 is 9.53 Å². The Morgan fingerprint density at radius 2 is 2.27 bits per heavy atom. The third-order valence-corrected chi connectivity index (χ3v) is 4.89. The van der Waals surface area contributed by atoms with Gasteiger partial charge in [-0.3, -0.25) is 9.78 Å². The zero-order valence-corrected chi connectivity index (χ0v) is 13.3. The van der Waals surface area contributed by atoms with E-state index in [4.69, 9.17) is 4.74 Å². The Morgan fingerprint density at radius 1 is 1.36 bits per heavy atom. The fourth-order valence-corrected chi connectivity index (χ4v) is 3.76. The van der Waals surface area contributed by atoms with E-state index in [2.05, 4.69) is 15.7 Å². The van der Waals surface area contributed by atoms with Crippen molar-refractivity contribution in [3.8, 4) is 5.75 Å². The second-order valence-corrected chi connectivity index (χ2v) is 6.30. The minimum atomic E-state index is 0.0644. The fraction of sp³-hybridized carbons (Fsp3) is 0.412. The maximum absolute atomic E-state index is 12.3. The molecule has 22 heavy (non-hydrogen) atoms. The molecule has 0 fully saturated rings. The second kappa shape index (κ2) is 7.40. The molecular formula is C17H20N2O2S. The molecule has 0 aliphatic heterocycles. The Hall–Kier alpha value is -1.88. The van der Waals surface area contributed by atoms with Gasteiger partial charge in [0.25, 0.3) is 5.91 Å². The molecule has 4 nitrogen and oxygen atoms in total. The topological polar surface area (TPSA) is 51.2 Å². The van der Waals surface area contributed by atoms with Crippen LogP contribution in [-0.4, -0.2) is 24.0 Å². The zero-order chi connectivity index (χ0) is 15.2. The van der Waals surface area contributed by atoms with Crippen LogP contribution in [-0.2, 0) is 12.8 Å². The van der Waals surface area contributed by atoms with Crippen LogP contribution in [0.2, 0.25) is 0 Å². The summed E-state index contributed by atoms with van der Waals surface area (Å²) >= 11 is 1.58. The molecule has 5 heteroatoms. The number of aromatic nitrogens is 1. The van der Waals surface area contributed by atoms with Crippen LogP contribution < -0.4 is 10.1 Å². The zero-order valence-electron chi connectivity index (χ0n) is 12.5. The van der Waals surface area contributed by atoms with Gasteiger partial charge in [0.05, 0.1) is 17.7 Å². The number of thiophene rings is 1. The van der Waals surface area contributed by atoms with Crippen molar-refractivity contribution in [1.29, 1.82) is 0 Å². The number of ether oxygens (including phenoxy) is 1. The molecule has 0 atom stereocenters. The maximum Gasteiger partial charge on any atom is 0.261 e. The number of fused-ring (bicyclic) bond motifs is 1. The monoisotopic (exact) mass is 316 g/mol. The molecule has 0 spiro atoms. The number of hydrogen-bond donors (Lipinski definition) is 1. The number of aryl methyl sites for hydroxylation is 1. The van der Waals surface area contributed by atoms with Gasteiger partial charge in [-0.15, -0.1) is 11.3 Å². The summed E-state index contributed by atoms with van der Waals surface area (Å²) in [5.41, 5.74) is 2.65. The van der Waals surface area contributed by atoms with Crippen LogP contribution in [0, 0.1) is 0 Å². The largest absolute Gasteiger partial charge is 0.492 e. The highest BCUT2D eigenvalue weighted by Crippen LogP contribution is 2.29. The van der Waals surface area contributed by atoms with Crippen molar-refractivity contribution in [2.45, 2.75) is 32.1 Å². The lowest BCUT2D eigenvalue weighted by atomic mass is 9.94. The van der Waals surface area contributed by atoms with Gasteiger partial charge in [-0.2, -0.15) is 0 Å². The third-order valence-electron chi connectivity index (χ3n) is 3.82. The molecule has 1 aliphatic carbocycles. The Kier molecular flexibility index (Phi) is 5.06. The molecule has 2 aromatic rings. The standard InChI is InChI=1S/C17H20N2O2S/c20-17(16-15-7-2-1-5-13(15)12-22-16)19-9-4-10-21-14-6-3-8-18-11-14/h3,6,8,11-12H,1-2,4-5,7,9-10H2,(H,19,20). The summed E-state index contributed by atoms with van der Waals surface area (Å²) in [5, 5.41) is 5.15. The first-order chi connectivity index (χ1) is 10.8. The molecule has 1 N–H and O–H groups in total. The molecule has 0 saturated carbocycles. The van der Waals surface area contributed by atoms with E-state index in [0.29, 0.717) is 13.2 Å². The molecule has 0 bridgehead atoms. The molecule has 2 aromatic heterocycles. The van der Waals surface area contributed by atoms with Gasteiger partial charge in [0.15, 0.2) is 0 Å². The molecular weight excluding hydrogens is 296 g/mol. The second-order valence-electron chi connectivity index (χ2n) is 5.42. The normalized spacial score (nSPS) is 13.5. The first-order valence-corrected chi connectivity index (χ1v) is 8.63. The van der Waals surface area contributed by atoms with Crippen molar-refractivity contribution in [3.63, 3.8) is 0 Å². The summed E-state index contributed by atoms with van der Waals surface area (Å²) in [5.74, 6) is 0.829.